The Morgan fingerprint density at radius 3 is 2.25 bits per heavy atom. The third kappa shape index (κ3) is 2.80. The highest BCUT2D eigenvalue weighted by molar-refractivity contribution is 6.68. The minimum Gasteiger partial charge on any atom is -0.489 e. The van der Waals surface area contributed by atoms with Crippen molar-refractivity contribution in [3.05, 3.63) is 22.7 Å². The molecule has 0 heterocycles. The topological polar surface area (TPSA) is 35.5 Å². The van der Waals surface area contributed by atoms with Crippen molar-refractivity contribution in [2.75, 3.05) is 13.2 Å². The number of rotatable bonds is 5. The van der Waals surface area contributed by atoms with Crippen molar-refractivity contribution >= 4 is 28.4 Å². The van der Waals surface area contributed by atoms with E-state index in [-0.39, 0.29) is 5.56 Å². The standard InChI is InChI=1S/C11H12Cl2O3/c1-3-15-9-7(11(13)14)5-6-8(12)10(9)16-4-2/h5-6H,3-4H2,1-2H3. The van der Waals surface area contributed by atoms with Gasteiger partial charge in [-0.3, -0.25) is 4.79 Å². The van der Waals surface area contributed by atoms with Crippen LogP contribution in [0.15, 0.2) is 12.1 Å². The normalized spacial score (nSPS) is 10.0. The highest BCUT2D eigenvalue weighted by Crippen LogP contribution is 2.38. The lowest BCUT2D eigenvalue weighted by Gasteiger charge is -2.14. The molecule has 0 bridgehead atoms. The molecule has 0 aromatic heterocycles. The molecule has 16 heavy (non-hydrogen) atoms. The number of benzene rings is 1. The molecule has 0 saturated carbocycles. The largest absolute Gasteiger partial charge is 0.489 e. The summed E-state index contributed by atoms with van der Waals surface area (Å²) in [4.78, 5) is 11.2. The van der Waals surface area contributed by atoms with Crippen LogP contribution in [-0.2, 0) is 0 Å². The van der Waals surface area contributed by atoms with E-state index in [1.165, 1.54) is 6.07 Å². The summed E-state index contributed by atoms with van der Waals surface area (Å²) >= 11 is 11.4. The van der Waals surface area contributed by atoms with Gasteiger partial charge < -0.3 is 9.47 Å². The van der Waals surface area contributed by atoms with Crippen LogP contribution in [0, 0.1) is 0 Å². The van der Waals surface area contributed by atoms with Crippen LogP contribution < -0.4 is 9.47 Å². The van der Waals surface area contributed by atoms with Gasteiger partial charge >= 0.3 is 0 Å². The van der Waals surface area contributed by atoms with Crippen molar-refractivity contribution in [1.82, 2.24) is 0 Å². The second-order valence-electron chi connectivity index (χ2n) is 2.89. The van der Waals surface area contributed by atoms with Gasteiger partial charge in [0.1, 0.15) is 0 Å². The fourth-order valence-corrected chi connectivity index (χ4v) is 1.61. The van der Waals surface area contributed by atoms with Crippen molar-refractivity contribution in [2.24, 2.45) is 0 Å². The van der Waals surface area contributed by atoms with E-state index >= 15 is 0 Å². The Labute approximate surface area is 104 Å². The van der Waals surface area contributed by atoms with Crippen LogP contribution in [0.5, 0.6) is 11.5 Å². The van der Waals surface area contributed by atoms with Crippen LogP contribution in [-0.4, -0.2) is 18.5 Å². The van der Waals surface area contributed by atoms with E-state index in [0.29, 0.717) is 29.7 Å². The maximum atomic E-state index is 11.2. The monoisotopic (exact) mass is 262 g/mol. The second kappa shape index (κ2) is 5.97. The lowest BCUT2D eigenvalue weighted by molar-refractivity contribution is 0.107. The minimum absolute atomic E-state index is 0.261. The van der Waals surface area contributed by atoms with Gasteiger partial charge in [-0.1, -0.05) is 11.6 Å². The van der Waals surface area contributed by atoms with Crippen molar-refractivity contribution in [3.63, 3.8) is 0 Å². The van der Waals surface area contributed by atoms with E-state index in [4.69, 9.17) is 32.7 Å². The Balaban J connectivity index is 3.30. The van der Waals surface area contributed by atoms with Crippen LogP contribution in [0.25, 0.3) is 0 Å². The fraction of sp³-hybridized carbons (Fsp3) is 0.364. The molecule has 5 heteroatoms. The number of carbonyl (C=O) groups is 1. The molecule has 0 radical (unpaired) electrons. The number of hydrogen-bond acceptors (Lipinski definition) is 3. The Kier molecular flexibility index (Phi) is 4.90. The maximum Gasteiger partial charge on any atom is 0.256 e. The highest BCUT2D eigenvalue weighted by Gasteiger charge is 2.18. The quantitative estimate of drug-likeness (QED) is 0.762. The molecule has 0 amide bonds. The number of carbonyl (C=O) groups excluding carboxylic acids is 1. The molecule has 0 aliphatic carbocycles. The first-order valence-corrected chi connectivity index (χ1v) is 5.65. The van der Waals surface area contributed by atoms with E-state index in [1.54, 1.807) is 13.0 Å². The van der Waals surface area contributed by atoms with E-state index in [2.05, 4.69) is 0 Å². The van der Waals surface area contributed by atoms with Crippen LogP contribution in [0.3, 0.4) is 0 Å². The van der Waals surface area contributed by atoms with E-state index in [1.807, 2.05) is 6.92 Å². The second-order valence-corrected chi connectivity index (χ2v) is 3.64. The molecule has 0 unspecified atom stereocenters. The summed E-state index contributed by atoms with van der Waals surface area (Å²) in [6.07, 6.45) is 0. The van der Waals surface area contributed by atoms with Gasteiger partial charge in [0.25, 0.3) is 5.24 Å². The lowest BCUT2D eigenvalue weighted by Crippen LogP contribution is -2.03. The molecule has 1 rings (SSSR count). The summed E-state index contributed by atoms with van der Waals surface area (Å²) in [6.45, 7) is 4.46. The van der Waals surface area contributed by atoms with Gasteiger partial charge in [0, 0.05) is 0 Å². The molecule has 0 saturated heterocycles. The van der Waals surface area contributed by atoms with Crippen LogP contribution in [0.2, 0.25) is 5.02 Å². The molecule has 0 N–H and O–H groups in total. The molecule has 88 valence electrons. The zero-order valence-corrected chi connectivity index (χ0v) is 10.6. The van der Waals surface area contributed by atoms with Gasteiger partial charge in [-0.2, -0.15) is 0 Å². The van der Waals surface area contributed by atoms with Gasteiger partial charge in [-0.05, 0) is 37.6 Å². The van der Waals surface area contributed by atoms with Crippen LogP contribution in [0.1, 0.15) is 24.2 Å². The average Bonchev–Trinajstić information content (AvgIpc) is 2.23. The van der Waals surface area contributed by atoms with Crippen LogP contribution in [0.4, 0.5) is 0 Å². The van der Waals surface area contributed by atoms with Gasteiger partial charge in [0.05, 0.1) is 23.8 Å². The summed E-state index contributed by atoms with van der Waals surface area (Å²) in [5.41, 5.74) is 0.261. The smallest absolute Gasteiger partial charge is 0.256 e. The summed E-state index contributed by atoms with van der Waals surface area (Å²) in [6, 6.07) is 3.08. The Hall–Kier alpha value is -0.930. The first-order valence-electron chi connectivity index (χ1n) is 4.89. The first-order chi connectivity index (χ1) is 7.61. The van der Waals surface area contributed by atoms with Crippen LogP contribution >= 0.6 is 23.2 Å². The minimum atomic E-state index is -0.596. The molecule has 1 aromatic rings. The highest BCUT2D eigenvalue weighted by atomic mass is 35.5. The summed E-state index contributed by atoms with van der Waals surface area (Å²) < 4.78 is 10.7. The lowest BCUT2D eigenvalue weighted by atomic mass is 10.2. The van der Waals surface area contributed by atoms with Gasteiger partial charge in [-0.15, -0.1) is 0 Å². The summed E-state index contributed by atoms with van der Waals surface area (Å²) in [5.74, 6) is 0.661. The first kappa shape index (κ1) is 13.1. The van der Waals surface area contributed by atoms with Crippen molar-refractivity contribution in [1.29, 1.82) is 0 Å². The fourth-order valence-electron chi connectivity index (χ4n) is 1.26. The number of hydrogen-bond donors (Lipinski definition) is 0. The van der Waals surface area contributed by atoms with Gasteiger partial charge in [0.2, 0.25) is 0 Å². The number of ether oxygens (including phenoxy) is 2. The summed E-state index contributed by atoms with van der Waals surface area (Å²) in [5, 5.41) is -0.201. The molecule has 0 aliphatic heterocycles. The third-order valence-corrected chi connectivity index (χ3v) is 2.35. The van der Waals surface area contributed by atoms with Gasteiger partial charge in [0.15, 0.2) is 11.5 Å². The third-order valence-electron chi connectivity index (χ3n) is 1.85. The SMILES string of the molecule is CCOc1c(Cl)ccc(C(=O)Cl)c1OCC. The van der Waals surface area contributed by atoms with Crippen molar-refractivity contribution in [3.8, 4) is 11.5 Å². The predicted molar refractivity (Wildman–Crippen MR) is 64.0 cm³/mol. The molecule has 0 aliphatic rings. The number of halogens is 2. The Bertz CT molecular complexity index is 391. The van der Waals surface area contributed by atoms with E-state index in [9.17, 15) is 4.79 Å². The molecular weight excluding hydrogens is 251 g/mol. The zero-order chi connectivity index (χ0) is 12.1. The Morgan fingerprint density at radius 2 is 1.75 bits per heavy atom. The van der Waals surface area contributed by atoms with Crippen molar-refractivity contribution in [2.45, 2.75) is 13.8 Å². The van der Waals surface area contributed by atoms with E-state index in [0.717, 1.165) is 0 Å². The predicted octanol–water partition coefficient (Wildman–Crippen LogP) is 3.52. The van der Waals surface area contributed by atoms with Gasteiger partial charge in [-0.25, -0.2) is 0 Å². The summed E-state index contributed by atoms with van der Waals surface area (Å²) in [7, 11) is 0. The van der Waals surface area contributed by atoms with E-state index < -0.39 is 5.24 Å². The average molecular weight is 263 g/mol. The molecule has 0 fully saturated rings. The molecule has 3 nitrogen and oxygen atoms in total. The zero-order valence-electron chi connectivity index (χ0n) is 9.05. The maximum absolute atomic E-state index is 11.2. The molecular formula is C11H12Cl2O3. The molecule has 0 spiro atoms. The van der Waals surface area contributed by atoms with Crippen molar-refractivity contribution < 1.29 is 14.3 Å². The molecule has 1 aromatic carbocycles. The Morgan fingerprint density at radius 1 is 1.19 bits per heavy atom. The molecule has 0 atom stereocenters.